The Morgan fingerprint density at radius 3 is 2.41 bits per heavy atom. The van der Waals surface area contributed by atoms with Gasteiger partial charge in [-0.1, -0.05) is 12.1 Å². The molecule has 3 aromatic rings. The summed E-state index contributed by atoms with van der Waals surface area (Å²) < 4.78 is 29.4. The van der Waals surface area contributed by atoms with E-state index in [9.17, 15) is 18.0 Å². The molecule has 0 bridgehead atoms. The van der Waals surface area contributed by atoms with Gasteiger partial charge in [-0.2, -0.15) is 5.10 Å². The second-order valence-electron chi connectivity index (χ2n) is 7.63. The van der Waals surface area contributed by atoms with E-state index in [1.54, 1.807) is 18.2 Å². The van der Waals surface area contributed by atoms with Crippen LogP contribution in [0.25, 0.3) is 11.3 Å². The van der Waals surface area contributed by atoms with E-state index in [-0.39, 0.29) is 22.8 Å². The predicted molar refractivity (Wildman–Crippen MR) is 129 cm³/mol. The van der Waals surface area contributed by atoms with E-state index in [0.717, 1.165) is 16.9 Å². The Morgan fingerprint density at radius 1 is 1.06 bits per heavy atom. The molecule has 1 amide bonds. The number of aromatic nitrogens is 2. The zero-order chi connectivity index (χ0) is 24.6. The van der Waals surface area contributed by atoms with Gasteiger partial charge in [0.05, 0.1) is 17.2 Å². The van der Waals surface area contributed by atoms with Crippen molar-refractivity contribution in [2.75, 3.05) is 13.2 Å². The number of nitrogens with two attached hydrogens (primary N) is 1. The lowest BCUT2D eigenvalue weighted by molar-refractivity contribution is -0.121. The zero-order valence-corrected chi connectivity index (χ0v) is 19.8. The van der Waals surface area contributed by atoms with Crippen LogP contribution in [0.15, 0.2) is 70.4 Å². The summed E-state index contributed by atoms with van der Waals surface area (Å²) >= 11 is 0. The Balaban J connectivity index is 1.46. The molecule has 0 saturated carbocycles. The van der Waals surface area contributed by atoms with Gasteiger partial charge >= 0.3 is 0 Å². The van der Waals surface area contributed by atoms with Crippen LogP contribution in [0.1, 0.15) is 25.3 Å². The molecule has 10 heteroatoms. The predicted octanol–water partition coefficient (Wildman–Crippen LogP) is 2.10. The van der Waals surface area contributed by atoms with Crippen LogP contribution in [0.2, 0.25) is 0 Å². The number of nitrogens with zero attached hydrogens (tertiary/aromatic N) is 2. The number of ether oxygens (including phenoxy) is 1. The van der Waals surface area contributed by atoms with Crippen molar-refractivity contribution in [1.82, 2.24) is 15.1 Å². The maximum absolute atomic E-state index is 12.2. The number of rotatable bonds is 11. The van der Waals surface area contributed by atoms with Crippen molar-refractivity contribution in [2.45, 2.75) is 37.6 Å². The number of aryl methyl sites for hydroxylation is 1. The number of sulfonamides is 1. The van der Waals surface area contributed by atoms with Gasteiger partial charge in [-0.3, -0.25) is 9.59 Å². The van der Waals surface area contributed by atoms with E-state index < -0.39 is 10.0 Å². The molecular formula is C24H28N4O5S. The molecule has 0 aliphatic carbocycles. The summed E-state index contributed by atoms with van der Waals surface area (Å²) in [6, 6.07) is 16.9. The van der Waals surface area contributed by atoms with Crippen molar-refractivity contribution >= 4 is 15.9 Å². The molecule has 180 valence electrons. The Labute approximate surface area is 198 Å². The maximum Gasteiger partial charge on any atom is 0.266 e. The molecule has 0 radical (unpaired) electrons. The minimum Gasteiger partial charge on any atom is -0.494 e. The lowest BCUT2D eigenvalue weighted by Crippen LogP contribution is -2.27. The third-order valence-electron chi connectivity index (χ3n) is 5.09. The highest BCUT2D eigenvalue weighted by atomic mass is 32.2. The molecule has 0 atom stereocenters. The summed E-state index contributed by atoms with van der Waals surface area (Å²) in [5, 5.41) is 12.3. The second-order valence-corrected chi connectivity index (χ2v) is 9.19. The topological polar surface area (TPSA) is 133 Å². The van der Waals surface area contributed by atoms with Crippen LogP contribution < -0.4 is 20.8 Å². The molecular weight excluding hydrogens is 456 g/mol. The monoisotopic (exact) mass is 484 g/mol. The van der Waals surface area contributed by atoms with Crippen molar-refractivity contribution in [1.29, 1.82) is 0 Å². The van der Waals surface area contributed by atoms with Crippen molar-refractivity contribution in [3.05, 3.63) is 76.6 Å². The smallest absolute Gasteiger partial charge is 0.266 e. The highest BCUT2D eigenvalue weighted by Gasteiger charge is 2.08. The number of primary sulfonamides is 1. The summed E-state index contributed by atoms with van der Waals surface area (Å²) in [6.45, 7) is 3.25. The van der Waals surface area contributed by atoms with Gasteiger partial charge in [0, 0.05) is 31.1 Å². The van der Waals surface area contributed by atoms with Gasteiger partial charge in [0.1, 0.15) is 5.75 Å². The molecule has 1 heterocycles. The largest absolute Gasteiger partial charge is 0.494 e. The van der Waals surface area contributed by atoms with Crippen LogP contribution in [0.3, 0.4) is 0 Å². The number of hydrogen-bond donors (Lipinski definition) is 2. The van der Waals surface area contributed by atoms with Gasteiger partial charge in [-0.05, 0) is 67.8 Å². The van der Waals surface area contributed by atoms with Gasteiger partial charge in [0.2, 0.25) is 15.9 Å². The third kappa shape index (κ3) is 7.26. The number of nitrogens with one attached hydrogen (secondary N) is 1. The van der Waals surface area contributed by atoms with Crippen molar-refractivity contribution in [3.8, 4) is 17.0 Å². The lowest BCUT2D eigenvalue weighted by atomic mass is 10.1. The quantitative estimate of drug-likeness (QED) is 0.428. The molecule has 0 saturated heterocycles. The number of amides is 1. The first kappa shape index (κ1) is 25.1. The highest BCUT2D eigenvalue weighted by Crippen LogP contribution is 2.20. The zero-order valence-electron chi connectivity index (χ0n) is 18.9. The van der Waals surface area contributed by atoms with Gasteiger partial charge < -0.3 is 10.1 Å². The van der Waals surface area contributed by atoms with E-state index in [0.29, 0.717) is 38.2 Å². The van der Waals surface area contributed by atoms with Crippen LogP contribution in [-0.2, 0) is 27.8 Å². The summed E-state index contributed by atoms with van der Waals surface area (Å²) in [6.07, 6.45) is 1.28. The third-order valence-corrected chi connectivity index (χ3v) is 6.02. The Morgan fingerprint density at radius 2 is 1.76 bits per heavy atom. The molecule has 3 rings (SSSR count). The fraction of sp³-hybridized carbons (Fsp3) is 0.292. The lowest BCUT2D eigenvalue weighted by Gasteiger charge is -2.09. The highest BCUT2D eigenvalue weighted by molar-refractivity contribution is 7.89. The minimum atomic E-state index is -3.72. The molecule has 0 spiro atoms. The fourth-order valence-corrected chi connectivity index (χ4v) is 3.84. The van der Waals surface area contributed by atoms with Gasteiger partial charge in [-0.15, -0.1) is 0 Å². The molecule has 0 fully saturated rings. The fourth-order valence-electron chi connectivity index (χ4n) is 3.32. The van der Waals surface area contributed by atoms with Crippen LogP contribution in [0.4, 0.5) is 0 Å². The molecule has 0 aliphatic heterocycles. The molecule has 9 nitrogen and oxygen atoms in total. The van der Waals surface area contributed by atoms with Crippen LogP contribution in [-0.4, -0.2) is 37.3 Å². The SMILES string of the molecule is CCOc1ccc(-c2ccc(=O)n(CCCC(=O)NCCc3ccc(S(N)(=O)=O)cc3)n2)cc1. The number of carbonyl (C=O) groups excluding carboxylic acids is 1. The molecule has 0 aliphatic rings. The molecule has 1 aromatic heterocycles. The summed E-state index contributed by atoms with van der Waals surface area (Å²) in [7, 11) is -3.72. The Bertz CT molecular complexity index is 1270. The van der Waals surface area contributed by atoms with Crippen LogP contribution in [0.5, 0.6) is 5.75 Å². The van der Waals surface area contributed by atoms with Crippen molar-refractivity contribution in [3.63, 3.8) is 0 Å². The number of carbonyl (C=O) groups is 1. The van der Waals surface area contributed by atoms with E-state index in [4.69, 9.17) is 9.88 Å². The van der Waals surface area contributed by atoms with Crippen molar-refractivity contribution in [2.24, 2.45) is 5.14 Å². The average Bonchev–Trinajstić information content (AvgIpc) is 2.81. The van der Waals surface area contributed by atoms with Crippen LogP contribution in [0, 0.1) is 0 Å². The Kier molecular flexibility index (Phi) is 8.55. The van der Waals surface area contributed by atoms with E-state index >= 15 is 0 Å². The first-order valence-electron chi connectivity index (χ1n) is 11.0. The summed E-state index contributed by atoms with van der Waals surface area (Å²) in [5.41, 5.74) is 2.19. The first-order chi connectivity index (χ1) is 16.3. The van der Waals surface area contributed by atoms with E-state index in [1.807, 2.05) is 31.2 Å². The molecule has 0 unspecified atom stereocenters. The normalized spacial score (nSPS) is 11.2. The van der Waals surface area contributed by atoms with Crippen LogP contribution >= 0.6 is 0 Å². The Hall–Kier alpha value is -3.50. The second kappa shape index (κ2) is 11.6. The first-order valence-corrected chi connectivity index (χ1v) is 12.5. The minimum absolute atomic E-state index is 0.0516. The number of benzene rings is 2. The van der Waals surface area contributed by atoms with Gasteiger partial charge in [0.15, 0.2) is 0 Å². The van der Waals surface area contributed by atoms with Crippen molar-refractivity contribution < 1.29 is 17.9 Å². The van der Waals surface area contributed by atoms with Gasteiger partial charge in [0.25, 0.3) is 5.56 Å². The number of hydrogen-bond acceptors (Lipinski definition) is 6. The summed E-state index contributed by atoms with van der Waals surface area (Å²) in [4.78, 5) is 24.4. The van der Waals surface area contributed by atoms with Gasteiger partial charge in [-0.25, -0.2) is 18.2 Å². The average molecular weight is 485 g/mol. The molecule has 3 N–H and O–H groups in total. The van der Waals surface area contributed by atoms with E-state index in [1.165, 1.54) is 22.9 Å². The molecule has 2 aromatic carbocycles. The molecule has 34 heavy (non-hydrogen) atoms. The standard InChI is InChI=1S/C24H28N4O5S/c1-2-33-20-9-7-19(8-10-20)22-13-14-24(30)28(27-22)17-3-4-23(29)26-16-15-18-5-11-21(12-6-18)34(25,31)32/h5-14H,2-4,15-17H2,1H3,(H,26,29)(H2,25,31,32). The van der Waals surface area contributed by atoms with E-state index in [2.05, 4.69) is 10.4 Å². The maximum atomic E-state index is 12.2. The summed E-state index contributed by atoms with van der Waals surface area (Å²) in [5.74, 6) is 0.642.